The summed E-state index contributed by atoms with van der Waals surface area (Å²) < 4.78 is 19.1. The summed E-state index contributed by atoms with van der Waals surface area (Å²) in [5.41, 5.74) is 2.99. The summed E-state index contributed by atoms with van der Waals surface area (Å²) in [5, 5.41) is 4.36. The lowest BCUT2D eigenvalue weighted by molar-refractivity contribution is 0.0690. The van der Waals surface area contributed by atoms with Crippen molar-refractivity contribution < 1.29 is 13.7 Å². The second-order valence-electron chi connectivity index (χ2n) is 7.39. The average Bonchev–Trinajstić information content (AvgIpc) is 3.17. The molecular formula is C24H28FN3O2. The molecule has 0 saturated heterocycles. The number of amides is 1. The number of aromatic nitrogens is 1. The minimum absolute atomic E-state index is 0.0642. The van der Waals surface area contributed by atoms with Gasteiger partial charge in [0.15, 0.2) is 0 Å². The maximum Gasteiger partial charge on any atom is 0.254 e. The lowest BCUT2D eigenvalue weighted by atomic mass is 10.1. The van der Waals surface area contributed by atoms with E-state index < -0.39 is 0 Å². The molecule has 0 N–H and O–H groups in total. The van der Waals surface area contributed by atoms with E-state index in [4.69, 9.17) is 4.52 Å². The van der Waals surface area contributed by atoms with Crippen LogP contribution in [0.4, 0.5) is 10.3 Å². The van der Waals surface area contributed by atoms with Gasteiger partial charge in [-0.05, 0) is 52.0 Å². The predicted molar refractivity (Wildman–Crippen MR) is 117 cm³/mol. The van der Waals surface area contributed by atoms with Gasteiger partial charge in [-0.1, -0.05) is 35.5 Å². The summed E-state index contributed by atoms with van der Waals surface area (Å²) in [5.74, 6) is 0.156. The lowest BCUT2D eigenvalue weighted by Crippen LogP contribution is -2.37. The Morgan fingerprint density at radius 2 is 1.67 bits per heavy atom. The van der Waals surface area contributed by atoms with Crippen molar-refractivity contribution in [1.82, 2.24) is 10.1 Å². The Morgan fingerprint density at radius 3 is 2.23 bits per heavy atom. The molecule has 0 aliphatic carbocycles. The molecule has 1 heterocycles. The Morgan fingerprint density at radius 1 is 1.03 bits per heavy atom. The van der Waals surface area contributed by atoms with Crippen molar-refractivity contribution in [2.45, 2.75) is 40.3 Å². The van der Waals surface area contributed by atoms with E-state index in [0.29, 0.717) is 18.0 Å². The molecule has 1 amide bonds. The third-order valence-corrected chi connectivity index (χ3v) is 5.17. The molecule has 0 fully saturated rings. The molecule has 6 heteroatoms. The van der Waals surface area contributed by atoms with Crippen LogP contribution in [-0.4, -0.2) is 35.1 Å². The van der Waals surface area contributed by atoms with Crippen LogP contribution in [0.3, 0.4) is 0 Å². The standard InChI is InChI=1S/C24H28FN3O2/c1-5-27(6-2)24-21(22(26-30-24)18-10-8-7-9-11-18)16-28(17(3)4)23(29)19-12-14-20(25)15-13-19/h7-15,17H,5-6,16H2,1-4H3. The normalized spacial score (nSPS) is 11.0. The number of halogens is 1. The van der Waals surface area contributed by atoms with Crippen LogP contribution in [0.25, 0.3) is 11.3 Å². The van der Waals surface area contributed by atoms with Gasteiger partial charge in [-0.25, -0.2) is 4.39 Å². The molecule has 0 bridgehead atoms. The van der Waals surface area contributed by atoms with E-state index in [2.05, 4.69) is 23.9 Å². The third-order valence-electron chi connectivity index (χ3n) is 5.17. The number of hydrogen-bond donors (Lipinski definition) is 0. The highest BCUT2D eigenvalue weighted by Crippen LogP contribution is 2.33. The molecule has 3 rings (SSSR count). The van der Waals surface area contributed by atoms with Crippen molar-refractivity contribution in [3.8, 4) is 11.3 Å². The highest BCUT2D eigenvalue weighted by Gasteiger charge is 2.27. The maximum atomic E-state index is 13.3. The van der Waals surface area contributed by atoms with Crippen molar-refractivity contribution in [2.24, 2.45) is 0 Å². The highest BCUT2D eigenvalue weighted by atomic mass is 19.1. The van der Waals surface area contributed by atoms with E-state index in [1.165, 1.54) is 24.3 Å². The molecule has 1 aromatic heterocycles. The fourth-order valence-corrected chi connectivity index (χ4v) is 3.44. The van der Waals surface area contributed by atoms with Crippen LogP contribution in [-0.2, 0) is 6.54 Å². The Labute approximate surface area is 177 Å². The fourth-order valence-electron chi connectivity index (χ4n) is 3.44. The Bertz CT molecular complexity index is 964. The monoisotopic (exact) mass is 409 g/mol. The quantitative estimate of drug-likeness (QED) is 0.501. The Kier molecular flexibility index (Phi) is 6.87. The summed E-state index contributed by atoms with van der Waals surface area (Å²) in [6, 6.07) is 15.4. The molecule has 0 atom stereocenters. The van der Waals surface area contributed by atoms with Crippen LogP contribution >= 0.6 is 0 Å². The van der Waals surface area contributed by atoms with Crippen LogP contribution in [0.15, 0.2) is 59.1 Å². The third kappa shape index (κ3) is 4.53. The van der Waals surface area contributed by atoms with Crippen LogP contribution in [0.1, 0.15) is 43.6 Å². The number of anilines is 1. The number of rotatable bonds is 8. The number of carbonyl (C=O) groups is 1. The van der Waals surface area contributed by atoms with Crippen molar-refractivity contribution >= 4 is 11.8 Å². The first-order valence-corrected chi connectivity index (χ1v) is 10.3. The topological polar surface area (TPSA) is 49.6 Å². The number of carbonyl (C=O) groups excluding carboxylic acids is 1. The van der Waals surface area contributed by atoms with Crippen molar-refractivity contribution in [3.63, 3.8) is 0 Å². The van der Waals surface area contributed by atoms with Crippen LogP contribution in [0.2, 0.25) is 0 Å². The maximum absolute atomic E-state index is 13.3. The first-order valence-electron chi connectivity index (χ1n) is 10.3. The highest BCUT2D eigenvalue weighted by molar-refractivity contribution is 5.94. The summed E-state index contributed by atoms with van der Waals surface area (Å²) >= 11 is 0. The SMILES string of the molecule is CCN(CC)c1onc(-c2ccccc2)c1CN(C(=O)c1ccc(F)cc1)C(C)C. The number of nitrogens with zero attached hydrogens (tertiary/aromatic N) is 3. The second-order valence-corrected chi connectivity index (χ2v) is 7.39. The zero-order valence-corrected chi connectivity index (χ0v) is 17.9. The van der Waals surface area contributed by atoms with Crippen molar-refractivity contribution in [3.05, 3.63) is 71.5 Å². The number of hydrogen-bond acceptors (Lipinski definition) is 4. The van der Waals surface area contributed by atoms with Gasteiger partial charge in [-0.15, -0.1) is 0 Å². The van der Waals surface area contributed by atoms with E-state index in [0.717, 1.165) is 29.9 Å². The van der Waals surface area contributed by atoms with Crippen molar-refractivity contribution in [2.75, 3.05) is 18.0 Å². The van der Waals surface area contributed by atoms with Gasteiger partial charge in [0.25, 0.3) is 5.91 Å². The van der Waals surface area contributed by atoms with Crippen molar-refractivity contribution in [1.29, 1.82) is 0 Å². The van der Waals surface area contributed by atoms with Gasteiger partial charge >= 0.3 is 0 Å². The van der Waals surface area contributed by atoms with E-state index in [-0.39, 0.29) is 17.8 Å². The van der Waals surface area contributed by atoms with Crippen LogP contribution in [0.5, 0.6) is 0 Å². The molecule has 0 saturated carbocycles. The van der Waals surface area contributed by atoms with E-state index >= 15 is 0 Å². The second kappa shape index (κ2) is 9.57. The van der Waals surface area contributed by atoms with Gasteiger partial charge in [-0.3, -0.25) is 4.79 Å². The van der Waals surface area contributed by atoms with Gasteiger partial charge in [-0.2, -0.15) is 0 Å². The Hall–Kier alpha value is -3.15. The predicted octanol–water partition coefficient (Wildman–Crippen LogP) is 5.38. The largest absolute Gasteiger partial charge is 0.341 e. The number of benzene rings is 2. The molecular weight excluding hydrogens is 381 g/mol. The minimum atomic E-state index is -0.364. The summed E-state index contributed by atoms with van der Waals surface area (Å²) in [7, 11) is 0. The summed E-state index contributed by atoms with van der Waals surface area (Å²) in [4.78, 5) is 17.1. The van der Waals surface area contributed by atoms with Gasteiger partial charge in [0, 0.05) is 30.3 Å². The smallest absolute Gasteiger partial charge is 0.254 e. The fraction of sp³-hybridized carbons (Fsp3) is 0.333. The molecule has 2 aromatic carbocycles. The first kappa shape index (κ1) is 21.6. The zero-order chi connectivity index (χ0) is 21.7. The van der Waals surface area contributed by atoms with E-state index in [1.807, 2.05) is 44.2 Å². The molecule has 3 aromatic rings. The van der Waals surface area contributed by atoms with Crippen LogP contribution < -0.4 is 4.90 Å². The molecule has 0 radical (unpaired) electrons. The van der Waals surface area contributed by atoms with E-state index in [9.17, 15) is 9.18 Å². The molecule has 5 nitrogen and oxygen atoms in total. The Balaban J connectivity index is 2.03. The van der Waals surface area contributed by atoms with Crippen LogP contribution in [0, 0.1) is 5.82 Å². The van der Waals surface area contributed by atoms with Gasteiger partial charge in [0.2, 0.25) is 5.88 Å². The summed E-state index contributed by atoms with van der Waals surface area (Å²) in [6.45, 7) is 9.92. The molecule has 158 valence electrons. The van der Waals surface area contributed by atoms with Gasteiger partial charge < -0.3 is 14.3 Å². The average molecular weight is 410 g/mol. The molecule has 0 unspecified atom stereocenters. The molecule has 0 aliphatic rings. The van der Waals surface area contributed by atoms with E-state index in [1.54, 1.807) is 4.90 Å². The molecule has 0 spiro atoms. The first-order chi connectivity index (χ1) is 14.5. The molecule has 30 heavy (non-hydrogen) atoms. The molecule has 0 aliphatic heterocycles. The zero-order valence-electron chi connectivity index (χ0n) is 17.9. The van der Waals surface area contributed by atoms with Gasteiger partial charge in [0.1, 0.15) is 11.5 Å². The van der Waals surface area contributed by atoms with Gasteiger partial charge in [0.05, 0.1) is 12.1 Å². The summed E-state index contributed by atoms with van der Waals surface area (Å²) in [6.07, 6.45) is 0. The minimum Gasteiger partial charge on any atom is -0.341 e. The lowest BCUT2D eigenvalue weighted by Gasteiger charge is -2.28.